The number of aliphatic imine (C=N–C) groups is 1. The van der Waals surface area contributed by atoms with Crippen molar-refractivity contribution in [3.63, 3.8) is 0 Å². The zero-order chi connectivity index (χ0) is 27.2. The van der Waals surface area contributed by atoms with Gasteiger partial charge in [-0.2, -0.15) is 0 Å². The fourth-order valence-corrected chi connectivity index (χ4v) is 4.92. The van der Waals surface area contributed by atoms with Crippen LogP contribution in [0.3, 0.4) is 0 Å². The molecule has 37 heavy (non-hydrogen) atoms. The van der Waals surface area contributed by atoms with Crippen LogP contribution in [-0.2, 0) is 6.42 Å². The van der Waals surface area contributed by atoms with E-state index in [1.54, 1.807) is 0 Å². The Kier molecular flexibility index (Phi) is 13.3. The number of hydrogen-bond donors (Lipinski definition) is 2. The molecular weight excluding hydrogens is 450 g/mol. The Morgan fingerprint density at radius 2 is 1.76 bits per heavy atom. The number of anilines is 1. The standard InChI is InChI=1S/C34H51N3/c1-9-13-18-34(35-12-4)33(32-17-14-16-26(6)27(32)7)24-29-19-21-30(22-20-29)36-28(8)37-31(15-10-2)23-25(5)11-3/h12,14,16-22,25,31,33,36-37H,8-11,13,15,23-24H2,1-7H3/b34-18-,35-12?. The van der Waals surface area contributed by atoms with Gasteiger partial charge in [0.05, 0.1) is 5.82 Å². The maximum absolute atomic E-state index is 4.84. The molecule has 3 heteroatoms. The third-order valence-electron chi connectivity index (χ3n) is 7.39. The van der Waals surface area contributed by atoms with E-state index in [-0.39, 0.29) is 5.92 Å². The second-order valence-electron chi connectivity index (χ2n) is 10.5. The molecule has 202 valence electrons. The van der Waals surface area contributed by atoms with E-state index in [1.807, 2.05) is 13.1 Å². The number of nitrogens with one attached hydrogen (secondary N) is 2. The van der Waals surface area contributed by atoms with Crippen molar-refractivity contribution in [2.45, 2.75) is 105 Å². The number of aryl methyl sites for hydroxylation is 1. The molecule has 3 unspecified atom stereocenters. The Morgan fingerprint density at radius 1 is 1.03 bits per heavy atom. The van der Waals surface area contributed by atoms with Crippen molar-refractivity contribution in [2.75, 3.05) is 5.32 Å². The van der Waals surface area contributed by atoms with Gasteiger partial charge in [-0.05, 0) is 86.8 Å². The van der Waals surface area contributed by atoms with Crippen molar-refractivity contribution in [3.05, 3.63) is 88.9 Å². The molecule has 0 fully saturated rings. The number of benzene rings is 2. The van der Waals surface area contributed by atoms with Crippen LogP contribution < -0.4 is 10.6 Å². The minimum Gasteiger partial charge on any atom is -0.369 e. The van der Waals surface area contributed by atoms with Crippen molar-refractivity contribution in [1.82, 2.24) is 5.32 Å². The van der Waals surface area contributed by atoms with E-state index < -0.39 is 0 Å². The van der Waals surface area contributed by atoms with Gasteiger partial charge in [-0.15, -0.1) is 0 Å². The van der Waals surface area contributed by atoms with E-state index in [0.717, 1.165) is 43.1 Å². The van der Waals surface area contributed by atoms with Gasteiger partial charge in [0, 0.05) is 29.6 Å². The smallest absolute Gasteiger partial charge is 0.0959 e. The molecule has 0 saturated heterocycles. The average molecular weight is 502 g/mol. The van der Waals surface area contributed by atoms with Crippen LogP contribution in [0.5, 0.6) is 0 Å². The molecule has 2 aromatic rings. The lowest BCUT2D eigenvalue weighted by Gasteiger charge is -2.24. The van der Waals surface area contributed by atoms with Crippen LogP contribution in [-0.4, -0.2) is 12.3 Å². The number of unbranched alkanes of at least 4 members (excludes halogenated alkanes) is 1. The molecule has 0 aromatic heterocycles. The summed E-state index contributed by atoms with van der Waals surface area (Å²) >= 11 is 0. The molecule has 3 atom stereocenters. The molecule has 0 aliphatic heterocycles. The summed E-state index contributed by atoms with van der Waals surface area (Å²) in [6.07, 6.45) is 12.1. The summed E-state index contributed by atoms with van der Waals surface area (Å²) in [5.74, 6) is 1.83. The van der Waals surface area contributed by atoms with Gasteiger partial charge in [0.25, 0.3) is 0 Å². The summed E-state index contributed by atoms with van der Waals surface area (Å²) in [5, 5.41) is 7.11. The molecule has 2 N–H and O–H groups in total. The van der Waals surface area contributed by atoms with Crippen molar-refractivity contribution >= 4 is 11.9 Å². The molecular formula is C34H51N3. The summed E-state index contributed by atoms with van der Waals surface area (Å²) in [7, 11) is 0. The fourth-order valence-electron chi connectivity index (χ4n) is 4.92. The lowest BCUT2D eigenvalue weighted by Crippen LogP contribution is -2.32. The summed E-state index contributed by atoms with van der Waals surface area (Å²) in [5.41, 5.74) is 7.61. The summed E-state index contributed by atoms with van der Waals surface area (Å²) in [6, 6.07) is 15.9. The number of rotatable bonds is 16. The summed E-state index contributed by atoms with van der Waals surface area (Å²) in [4.78, 5) is 4.84. The number of nitrogens with zero attached hydrogens (tertiary/aromatic N) is 1. The highest BCUT2D eigenvalue weighted by Crippen LogP contribution is 2.33. The van der Waals surface area contributed by atoms with Gasteiger partial charge >= 0.3 is 0 Å². The molecule has 0 aliphatic rings. The van der Waals surface area contributed by atoms with Crippen molar-refractivity contribution < 1.29 is 0 Å². The van der Waals surface area contributed by atoms with Crippen LogP contribution in [0.4, 0.5) is 5.69 Å². The zero-order valence-electron chi connectivity index (χ0n) is 24.5. The second kappa shape index (κ2) is 16.1. The molecule has 0 aliphatic carbocycles. The lowest BCUT2D eigenvalue weighted by molar-refractivity contribution is 0.396. The van der Waals surface area contributed by atoms with Crippen molar-refractivity contribution in [2.24, 2.45) is 10.9 Å². The van der Waals surface area contributed by atoms with Crippen molar-refractivity contribution in [1.29, 1.82) is 0 Å². The fraction of sp³-hybridized carbons (Fsp3) is 0.500. The predicted molar refractivity (Wildman–Crippen MR) is 165 cm³/mol. The van der Waals surface area contributed by atoms with Crippen LogP contribution in [0.2, 0.25) is 0 Å². The van der Waals surface area contributed by atoms with Crippen LogP contribution in [0.15, 0.2) is 71.6 Å². The summed E-state index contributed by atoms with van der Waals surface area (Å²) in [6.45, 7) is 19.8. The minimum atomic E-state index is 0.230. The predicted octanol–water partition coefficient (Wildman–Crippen LogP) is 9.48. The second-order valence-corrected chi connectivity index (χ2v) is 10.5. The lowest BCUT2D eigenvalue weighted by atomic mass is 9.85. The van der Waals surface area contributed by atoms with Crippen LogP contribution in [0.1, 0.15) is 101 Å². The Balaban J connectivity index is 2.20. The largest absolute Gasteiger partial charge is 0.369 e. The highest BCUT2D eigenvalue weighted by Gasteiger charge is 2.20. The van der Waals surface area contributed by atoms with Crippen LogP contribution in [0, 0.1) is 19.8 Å². The Hall–Kier alpha value is -2.81. The molecule has 0 heterocycles. The normalized spacial score (nSPS) is 14.4. The first-order valence-corrected chi connectivity index (χ1v) is 14.4. The molecule has 3 nitrogen and oxygen atoms in total. The van der Waals surface area contributed by atoms with Crippen LogP contribution >= 0.6 is 0 Å². The topological polar surface area (TPSA) is 36.4 Å². The highest BCUT2D eigenvalue weighted by atomic mass is 15.1. The maximum Gasteiger partial charge on any atom is 0.0959 e. The molecule has 0 spiro atoms. The SMILES string of the molecule is C=C(Nc1ccc(CC(/C(=C/CCC)N=CC)c2cccc(C)c2C)cc1)NC(CCC)CC(C)CC. The first kappa shape index (κ1) is 30.4. The van der Waals surface area contributed by atoms with Gasteiger partial charge in [0.15, 0.2) is 0 Å². The van der Waals surface area contributed by atoms with Gasteiger partial charge in [-0.25, -0.2) is 0 Å². The Labute approximate surface area is 227 Å². The van der Waals surface area contributed by atoms with E-state index in [4.69, 9.17) is 4.99 Å². The molecule has 0 bridgehead atoms. The van der Waals surface area contributed by atoms with Gasteiger partial charge in [0.2, 0.25) is 0 Å². The van der Waals surface area contributed by atoms with E-state index in [2.05, 4.69) is 107 Å². The molecule has 2 rings (SSSR count). The number of allylic oxidation sites excluding steroid dienone is 2. The molecule has 0 saturated carbocycles. The molecule has 0 radical (unpaired) electrons. The van der Waals surface area contributed by atoms with Gasteiger partial charge in [0.1, 0.15) is 0 Å². The third-order valence-corrected chi connectivity index (χ3v) is 7.39. The third kappa shape index (κ3) is 9.87. The molecule has 2 aromatic carbocycles. The average Bonchev–Trinajstić information content (AvgIpc) is 2.88. The van der Waals surface area contributed by atoms with Gasteiger partial charge < -0.3 is 10.6 Å². The van der Waals surface area contributed by atoms with Gasteiger partial charge in [-0.1, -0.05) is 89.9 Å². The van der Waals surface area contributed by atoms with Crippen LogP contribution in [0.25, 0.3) is 0 Å². The number of hydrogen-bond acceptors (Lipinski definition) is 3. The Morgan fingerprint density at radius 3 is 2.38 bits per heavy atom. The first-order valence-electron chi connectivity index (χ1n) is 14.4. The van der Waals surface area contributed by atoms with E-state index in [1.165, 1.54) is 47.2 Å². The zero-order valence-corrected chi connectivity index (χ0v) is 24.5. The summed E-state index contributed by atoms with van der Waals surface area (Å²) < 4.78 is 0. The monoisotopic (exact) mass is 501 g/mol. The molecule has 0 amide bonds. The minimum absolute atomic E-state index is 0.230. The van der Waals surface area contributed by atoms with Crippen molar-refractivity contribution in [3.8, 4) is 0 Å². The van der Waals surface area contributed by atoms with E-state index in [9.17, 15) is 0 Å². The quantitative estimate of drug-likeness (QED) is 0.225. The highest BCUT2D eigenvalue weighted by molar-refractivity contribution is 5.56. The first-order chi connectivity index (χ1) is 17.8. The Bertz CT molecular complexity index is 1020. The van der Waals surface area contributed by atoms with Gasteiger partial charge in [-0.3, -0.25) is 4.99 Å². The maximum atomic E-state index is 4.84. The van der Waals surface area contributed by atoms with E-state index >= 15 is 0 Å². The van der Waals surface area contributed by atoms with E-state index in [0.29, 0.717) is 6.04 Å².